The first kappa shape index (κ1) is 72.0. The van der Waals surface area contributed by atoms with Crippen LogP contribution >= 0.6 is 0 Å². The fourth-order valence-electron chi connectivity index (χ4n) is 1.33. The molecule has 0 bridgehead atoms. The molecule has 0 radical (unpaired) electrons. The molecule has 37 heteroatoms. The second-order valence-electron chi connectivity index (χ2n) is 9.00. The normalized spacial score (nSPS) is 13.0. The van der Waals surface area contributed by atoms with Crippen LogP contribution in [0.25, 0.3) is 0 Å². The molecule has 0 aliphatic rings. The SMILES string of the molecule is N#[C][Fe]([C]#N)([C]#N)([C]#N)([C]#N)[C]#N.N#[C][Fe]([C]#N)([C]#N)([C]#N)([C]#N)[C]#N.N#[C][Fe]([C]#N)([C]#N)([C]#N)([C]#N)[C]#N.N#[C][Fe]([C]#N)([C]#N)([C]#N)([C]#N)[C]#N.N#[C][Fe]([C]#N)([C]#N)([C]#N)([C]#N)[C]#N.[KH].[KH]. The van der Waals surface area contributed by atoms with E-state index in [2.05, 4.69) is 0 Å². The molecule has 0 saturated carbocycles. The van der Waals surface area contributed by atoms with Crippen LogP contribution in [-0.4, -0.2) is 103 Å². The van der Waals surface area contributed by atoms with E-state index < -0.39 is 53.7 Å². The quantitative estimate of drug-likeness (QED) is 0.268. The maximum atomic E-state index is 8.58. The molecule has 314 valence electrons. The Hall–Kier alpha value is -9.43. The van der Waals surface area contributed by atoms with Crippen LogP contribution in [0.2, 0.25) is 0 Å². The molecule has 0 aliphatic carbocycles. The van der Waals surface area contributed by atoms with Gasteiger partial charge in [-0.1, -0.05) is 0 Å². The molecule has 0 unspecified atom stereocenters. The van der Waals surface area contributed by atoms with Crippen LogP contribution < -0.4 is 0 Å². The van der Waals surface area contributed by atoms with E-state index in [1.54, 1.807) is 0 Å². The number of nitriles is 30. The Kier molecular flexibility index (Phi) is 20.6. The standard InChI is InChI=1S/30CN.5Fe.2K.2H/c30*1-2;;;;;;;;;. The molecule has 30 nitrogen and oxygen atoms in total. The Balaban J connectivity index is -0.000000133. The van der Waals surface area contributed by atoms with Crippen LogP contribution in [0.1, 0.15) is 0 Å². The summed E-state index contributed by atoms with van der Waals surface area (Å²) < 4.78 is 0. The van der Waals surface area contributed by atoms with Crippen molar-refractivity contribution in [2.24, 2.45) is 0 Å². The van der Waals surface area contributed by atoms with Gasteiger partial charge in [0, 0.05) is 0 Å². The predicted molar refractivity (Wildman–Crippen MR) is 183 cm³/mol. The Morgan fingerprint density at radius 1 is 0.104 bits per heavy atom. The molecular formula is C30H2Fe5K2N30. The molecular weight excluding hydrogens is 1140 g/mol. The summed E-state index contributed by atoms with van der Waals surface area (Å²) in [5, 5.41) is 257. The molecule has 0 aromatic heterocycles. The second-order valence-corrected chi connectivity index (χ2v) is 37.1. The summed E-state index contributed by atoms with van der Waals surface area (Å²) in [6, 6.07) is 0. The monoisotopic (exact) mass is 1140 g/mol. The van der Waals surface area contributed by atoms with Gasteiger partial charge in [-0.05, 0) is 0 Å². The fourth-order valence-corrected chi connectivity index (χ4v) is 5.47. The molecule has 0 amide bonds. The zero-order chi connectivity index (χ0) is 53.3. The van der Waals surface area contributed by atoms with Gasteiger partial charge in [-0.15, -0.1) is 0 Å². The topological polar surface area (TPSA) is 714 Å². The molecule has 0 heterocycles. The molecule has 0 aromatic rings. The average Bonchev–Trinajstić information content (AvgIpc) is 3.43. The van der Waals surface area contributed by atoms with Gasteiger partial charge < -0.3 is 0 Å². The molecule has 67 heavy (non-hydrogen) atoms. The fraction of sp³-hybridized carbons (Fsp3) is 0. The summed E-state index contributed by atoms with van der Waals surface area (Å²) in [7, 11) is -30.8. The van der Waals surface area contributed by atoms with Crippen molar-refractivity contribution in [2.75, 3.05) is 0 Å². The number of rotatable bonds is 0. The number of hydrogen-bond acceptors (Lipinski definition) is 30. The van der Waals surface area contributed by atoms with Crippen molar-refractivity contribution < 1.29 is 53.7 Å². The van der Waals surface area contributed by atoms with Crippen LogP contribution in [-0.2, 0) is 53.7 Å². The number of nitrogens with zero attached hydrogens (tertiary/aromatic N) is 30. The molecule has 0 aliphatic heterocycles. The van der Waals surface area contributed by atoms with Gasteiger partial charge in [0.05, 0.1) is 0 Å². The van der Waals surface area contributed by atoms with Crippen LogP contribution in [0.4, 0.5) is 0 Å². The zero-order valence-corrected chi connectivity index (χ0v) is 35.7. The van der Waals surface area contributed by atoms with Crippen molar-refractivity contribution >= 4 is 103 Å². The molecule has 0 rings (SSSR count). The van der Waals surface area contributed by atoms with Gasteiger partial charge in [-0.25, -0.2) is 0 Å². The Morgan fingerprint density at radius 3 is 0.134 bits per heavy atom. The van der Waals surface area contributed by atoms with Crippen LogP contribution in [0.5, 0.6) is 0 Å². The van der Waals surface area contributed by atoms with Gasteiger partial charge >= 0.3 is 463 Å². The van der Waals surface area contributed by atoms with Crippen molar-refractivity contribution in [1.82, 2.24) is 0 Å². The van der Waals surface area contributed by atoms with Crippen LogP contribution in [0.3, 0.4) is 0 Å². The van der Waals surface area contributed by atoms with E-state index in [0.717, 1.165) is 149 Å². The van der Waals surface area contributed by atoms with E-state index in [9.17, 15) is 0 Å². The van der Waals surface area contributed by atoms with E-state index >= 15 is 0 Å². The first-order valence-corrected chi connectivity index (χ1v) is 28.6. The van der Waals surface area contributed by atoms with E-state index in [1.807, 2.05) is 0 Å². The molecule has 0 atom stereocenters. The van der Waals surface area contributed by atoms with Gasteiger partial charge in [-0.3, -0.25) is 0 Å². The van der Waals surface area contributed by atoms with Gasteiger partial charge in [0.25, 0.3) is 0 Å². The first-order chi connectivity index (χ1) is 29.9. The summed E-state index contributed by atoms with van der Waals surface area (Å²) >= 11 is 0. The van der Waals surface area contributed by atoms with Crippen molar-refractivity contribution in [3.05, 3.63) is 0 Å². The van der Waals surface area contributed by atoms with E-state index in [0.29, 0.717) is 0 Å². The predicted octanol–water partition coefficient (Wildman–Crippen LogP) is -0.806. The van der Waals surface area contributed by atoms with Crippen LogP contribution in [0.15, 0.2) is 0 Å². The Bertz CT molecular complexity index is 2540. The molecule has 0 saturated heterocycles. The van der Waals surface area contributed by atoms with Crippen molar-refractivity contribution in [2.45, 2.75) is 0 Å². The second kappa shape index (κ2) is 19.1. The number of hydrogen-bond donors (Lipinski definition) is 0. The zero-order valence-electron chi connectivity index (χ0n) is 30.2. The van der Waals surface area contributed by atoms with Crippen molar-refractivity contribution in [3.8, 4) is 149 Å². The van der Waals surface area contributed by atoms with Gasteiger partial charge in [-0.2, -0.15) is 0 Å². The summed E-state index contributed by atoms with van der Waals surface area (Å²) in [4.78, 5) is 30.9. The Morgan fingerprint density at radius 2 is 0.134 bits per heavy atom. The Labute approximate surface area is 455 Å². The maximum absolute atomic E-state index is 8.58. The third-order valence-corrected chi connectivity index (χ3v) is 24.4. The minimum absolute atomic E-state index is 0. The first-order valence-electron chi connectivity index (χ1n) is 12.0. The van der Waals surface area contributed by atoms with Crippen molar-refractivity contribution in [1.29, 1.82) is 158 Å². The van der Waals surface area contributed by atoms with Crippen LogP contribution in [0, 0.1) is 307 Å². The molecule has 0 fully saturated rings. The minimum atomic E-state index is -6.17. The van der Waals surface area contributed by atoms with E-state index in [-0.39, 0.29) is 103 Å². The average molecular weight is 1140 g/mol. The van der Waals surface area contributed by atoms with E-state index in [1.165, 1.54) is 0 Å². The molecule has 0 N–H and O–H groups in total. The molecule has 0 spiro atoms. The van der Waals surface area contributed by atoms with E-state index in [4.69, 9.17) is 158 Å². The van der Waals surface area contributed by atoms with Gasteiger partial charge in [0.2, 0.25) is 0 Å². The third-order valence-electron chi connectivity index (χ3n) is 5.93. The van der Waals surface area contributed by atoms with Crippen molar-refractivity contribution in [3.63, 3.8) is 0 Å². The summed E-state index contributed by atoms with van der Waals surface area (Å²) in [6.45, 7) is 0. The summed E-state index contributed by atoms with van der Waals surface area (Å²) in [6.07, 6.45) is 0. The van der Waals surface area contributed by atoms with Gasteiger partial charge in [0.15, 0.2) is 0 Å². The third kappa shape index (κ3) is 8.53. The summed E-state index contributed by atoms with van der Waals surface area (Å²) in [5.41, 5.74) is 0. The molecule has 0 aromatic carbocycles. The summed E-state index contributed by atoms with van der Waals surface area (Å²) in [5.74, 6) is 0. The van der Waals surface area contributed by atoms with Gasteiger partial charge in [0.1, 0.15) is 0 Å².